The van der Waals surface area contributed by atoms with Crippen molar-refractivity contribution in [2.75, 3.05) is 19.6 Å². The summed E-state index contributed by atoms with van der Waals surface area (Å²) >= 11 is 0. The molecular formula is C15H24N4O. The highest BCUT2D eigenvalue weighted by Gasteiger charge is 2.25. The molecule has 1 atom stereocenters. The van der Waals surface area contributed by atoms with Gasteiger partial charge in [-0.1, -0.05) is 13.3 Å². The number of aromatic nitrogens is 2. The molecule has 2 N–H and O–H groups in total. The molecule has 0 saturated carbocycles. The third-order valence-electron chi connectivity index (χ3n) is 4.67. The summed E-state index contributed by atoms with van der Waals surface area (Å²) in [5.74, 6) is -0.00831. The van der Waals surface area contributed by atoms with Gasteiger partial charge in [0.1, 0.15) is 0 Å². The van der Waals surface area contributed by atoms with Crippen LogP contribution >= 0.6 is 0 Å². The van der Waals surface area contributed by atoms with E-state index in [-0.39, 0.29) is 5.91 Å². The molecule has 1 amide bonds. The number of likely N-dealkylation sites (N-methyl/N-ethyl adjacent to an activating group) is 1. The molecule has 1 aliphatic heterocycles. The van der Waals surface area contributed by atoms with E-state index in [9.17, 15) is 4.79 Å². The van der Waals surface area contributed by atoms with Crippen LogP contribution in [0.3, 0.4) is 0 Å². The second-order valence-corrected chi connectivity index (χ2v) is 5.87. The zero-order valence-corrected chi connectivity index (χ0v) is 12.2. The smallest absolute Gasteiger partial charge is 0.272 e. The molecule has 0 unspecified atom stereocenters. The molecule has 1 aromatic heterocycles. The van der Waals surface area contributed by atoms with E-state index >= 15 is 0 Å². The third-order valence-corrected chi connectivity index (χ3v) is 4.67. The maximum absolute atomic E-state index is 12.3. The van der Waals surface area contributed by atoms with Crippen LogP contribution in [0, 0.1) is 0 Å². The number of fused-ring (bicyclic) bond motifs is 1. The predicted octanol–water partition coefficient (Wildman–Crippen LogP) is 1.50. The lowest BCUT2D eigenvalue weighted by Gasteiger charge is -2.34. The third kappa shape index (κ3) is 2.59. The van der Waals surface area contributed by atoms with Gasteiger partial charge in [0, 0.05) is 23.8 Å². The topological polar surface area (TPSA) is 61.0 Å². The van der Waals surface area contributed by atoms with Crippen LogP contribution in [0.15, 0.2) is 0 Å². The van der Waals surface area contributed by atoms with Crippen molar-refractivity contribution < 1.29 is 4.79 Å². The number of amides is 1. The Morgan fingerprint density at radius 1 is 1.40 bits per heavy atom. The van der Waals surface area contributed by atoms with E-state index in [0.717, 1.165) is 50.2 Å². The van der Waals surface area contributed by atoms with Crippen molar-refractivity contribution in [1.82, 2.24) is 20.4 Å². The van der Waals surface area contributed by atoms with Crippen molar-refractivity contribution in [3.63, 3.8) is 0 Å². The number of carbonyl (C=O) groups excluding carboxylic acids is 1. The first-order chi connectivity index (χ1) is 9.79. The Balaban J connectivity index is 1.59. The minimum atomic E-state index is -0.00831. The van der Waals surface area contributed by atoms with Crippen molar-refractivity contribution in [1.29, 1.82) is 0 Å². The largest absolute Gasteiger partial charge is 0.349 e. The Kier molecular flexibility index (Phi) is 4.05. The molecule has 3 rings (SSSR count). The molecule has 20 heavy (non-hydrogen) atoms. The second kappa shape index (κ2) is 5.95. The summed E-state index contributed by atoms with van der Waals surface area (Å²) in [6.45, 7) is 5.17. The summed E-state index contributed by atoms with van der Waals surface area (Å²) < 4.78 is 0. The molecule has 2 aliphatic rings. The first-order valence-electron chi connectivity index (χ1n) is 7.88. The lowest BCUT2D eigenvalue weighted by Crippen LogP contribution is -2.46. The lowest BCUT2D eigenvalue weighted by molar-refractivity contribution is 0.0912. The van der Waals surface area contributed by atoms with Gasteiger partial charge in [-0.2, -0.15) is 5.10 Å². The van der Waals surface area contributed by atoms with Gasteiger partial charge in [-0.15, -0.1) is 0 Å². The zero-order valence-electron chi connectivity index (χ0n) is 12.2. The highest BCUT2D eigenvalue weighted by atomic mass is 16.1. The number of hydrogen-bond acceptors (Lipinski definition) is 3. The van der Waals surface area contributed by atoms with Gasteiger partial charge in [0.05, 0.1) is 0 Å². The quantitative estimate of drug-likeness (QED) is 0.876. The monoisotopic (exact) mass is 276 g/mol. The Labute approximate surface area is 120 Å². The molecule has 0 aromatic carbocycles. The van der Waals surface area contributed by atoms with E-state index in [1.54, 1.807) is 0 Å². The van der Waals surface area contributed by atoms with Gasteiger partial charge in [0.2, 0.25) is 0 Å². The molecule has 5 nitrogen and oxygen atoms in total. The predicted molar refractivity (Wildman–Crippen MR) is 77.8 cm³/mol. The molecule has 110 valence electrons. The van der Waals surface area contributed by atoms with E-state index in [1.807, 2.05) is 0 Å². The van der Waals surface area contributed by atoms with E-state index in [4.69, 9.17) is 0 Å². The normalized spacial score (nSPS) is 22.8. The summed E-state index contributed by atoms with van der Waals surface area (Å²) in [4.78, 5) is 14.8. The van der Waals surface area contributed by atoms with E-state index in [1.165, 1.54) is 19.3 Å². The number of H-pyrrole nitrogens is 1. The van der Waals surface area contributed by atoms with Gasteiger partial charge >= 0.3 is 0 Å². The molecule has 1 saturated heterocycles. The van der Waals surface area contributed by atoms with Crippen LogP contribution in [0.1, 0.15) is 54.4 Å². The van der Waals surface area contributed by atoms with E-state index in [2.05, 4.69) is 27.3 Å². The van der Waals surface area contributed by atoms with Crippen LogP contribution in [0.2, 0.25) is 0 Å². The minimum absolute atomic E-state index is 0.00831. The number of likely N-dealkylation sites (tertiary alicyclic amines) is 1. The average Bonchev–Trinajstić information content (AvgIpc) is 3.07. The molecular weight excluding hydrogens is 252 g/mol. The lowest BCUT2D eigenvalue weighted by atomic mass is 10.0. The van der Waals surface area contributed by atoms with Crippen molar-refractivity contribution in [3.8, 4) is 0 Å². The Morgan fingerprint density at radius 3 is 3.15 bits per heavy atom. The number of carbonyl (C=O) groups is 1. The van der Waals surface area contributed by atoms with Gasteiger partial charge < -0.3 is 5.32 Å². The molecule has 0 bridgehead atoms. The Morgan fingerprint density at radius 2 is 2.30 bits per heavy atom. The Hall–Kier alpha value is -1.36. The van der Waals surface area contributed by atoms with Crippen LogP contribution in [0.4, 0.5) is 0 Å². The van der Waals surface area contributed by atoms with Crippen LogP contribution in [-0.4, -0.2) is 46.7 Å². The fourth-order valence-electron chi connectivity index (χ4n) is 3.51. The summed E-state index contributed by atoms with van der Waals surface area (Å²) in [6, 6.07) is 0.490. The standard InChI is InChI=1S/C15H24N4O/c1-2-19-9-4-3-6-11(19)10-16-15(20)14-12-7-5-8-13(12)17-18-14/h11H,2-10H2,1H3,(H,16,20)(H,17,18)/t11-/m0/s1. The number of hydrogen-bond donors (Lipinski definition) is 2. The van der Waals surface area contributed by atoms with Crippen molar-refractivity contribution in [2.45, 2.75) is 51.5 Å². The fraction of sp³-hybridized carbons (Fsp3) is 0.733. The van der Waals surface area contributed by atoms with Crippen molar-refractivity contribution in [3.05, 3.63) is 17.0 Å². The number of aryl methyl sites for hydroxylation is 1. The molecule has 0 spiro atoms. The van der Waals surface area contributed by atoms with Crippen LogP contribution < -0.4 is 5.32 Å². The summed E-state index contributed by atoms with van der Waals surface area (Å²) in [5, 5.41) is 10.3. The van der Waals surface area contributed by atoms with Crippen molar-refractivity contribution in [2.24, 2.45) is 0 Å². The molecule has 1 aromatic rings. The molecule has 1 fully saturated rings. The average molecular weight is 276 g/mol. The van der Waals surface area contributed by atoms with Gasteiger partial charge in [-0.3, -0.25) is 14.8 Å². The first kappa shape index (κ1) is 13.6. The molecule has 1 aliphatic carbocycles. The SMILES string of the molecule is CCN1CCCC[C@H]1CNC(=O)c1n[nH]c2c1CCC2. The number of aromatic amines is 1. The van der Waals surface area contributed by atoms with Gasteiger partial charge in [-0.25, -0.2) is 0 Å². The summed E-state index contributed by atoms with van der Waals surface area (Å²) in [7, 11) is 0. The highest BCUT2D eigenvalue weighted by Crippen LogP contribution is 2.22. The minimum Gasteiger partial charge on any atom is -0.349 e. The Bertz CT molecular complexity index is 482. The first-order valence-corrected chi connectivity index (χ1v) is 7.88. The number of nitrogens with one attached hydrogen (secondary N) is 2. The maximum atomic E-state index is 12.3. The van der Waals surface area contributed by atoms with Gasteiger partial charge in [-0.05, 0) is 45.2 Å². The number of nitrogens with zero attached hydrogens (tertiary/aromatic N) is 2. The number of piperidine rings is 1. The summed E-state index contributed by atoms with van der Waals surface area (Å²) in [6.07, 6.45) is 6.89. The molecule has 5 heteroatoms. The van der Waals surface area contributed by atoms with Crippen LogP contribution in [-0.2, 0) is 12.8 Å². The maximum Gasteiger partial charge on any atom is 0.272 e. The van der Waals surface area contributed by atoms with Gasteiger partial charge in [0.15, 0.2) is 5.69 Å². The zero-order chi connectivity index (χ0) is 13.9. The highest BCUT2D eigenvalue weighted by molar-refractivity contribution is 5.94. The van der Waals surface area contributed by atoms with Crippen molar-refractivity contribution >= 4 is 5.91 Å². The number of rotatable bonds is 4. The summed E-state index contributed by atoms with van der Waals surface area (Å²) in [5.41, 5.74) is 2.91. The van der Waals surface area contributed by atoms with Gasteiger partial charge in [0.25, 0.3) is 5.91 Å². The van der Waals surface area contributed by atoms with Crippen LogP contribution in [0.5, 0.6) is 0 Å². The fourth-order valence-corrected chi connectivity index (χ4v) is 3.51. The molecule has 0 radical (unpaired) electrons. The molecule has 2 heterocycles. The van der Waals surface area contributed by atoms with Crippen LogP contribution in [0.25, 0.3) is 0 Å². The van der Waals surface area contributed by atoms with E-state index in [0.29, 0.717) is 11.7 Å². The van der Waals surface area contributed by atoms with E-state index < -0.39 is 0 Å². The second-order valence-electron chi connectivity index (χ2n) is 5.87.